The monoisotopic (exact) mass is 732 g/mol. The molecule has 0 fully saturated rings. The Balaban J connectivity index is 1.55. The predicted molar refractivity (Wildman–Crippen MR) is 220 cm³/mol. The maximum Gasteiger partial charge on any atom is 0.131 e. The summed E-state index contributed by atoms with van der Waals surface area (Å²) in [6, 6.07) is 34.0. The molecule has 4 nitrogen and oxygen atoms in total. The molecule has 262 valence electrons. The van der Waals surface area contributed by atoms with Crippen LogP contribution in [0.3, 0.4) is 0 Å². The second-order valence-corrected chi connectivity index (χ2v) is 15.5. The topological polar surface area (TPSA) is 36.9 Å². The van der Waals surface area contributed by atoms with Gasteiger partial charge in [-0.3, -0.25) is 0 Å². The van der Waals surface area contributed by atoms with E-state index >= 15 is 0 Å². The summed E-state index contributed by atoms with van der Waals surface area (Å²) in [5, 5.41) is 0. The van der Waals surface area contributed by atoms with E-state index in [1.807, 2.05) is 46.1 Å². The number of benzene rings is 4. The molecule has 51 heavy (non-hydrogen) atoms. The number of hydrogen-bond donors (Lipinski definition) is 0. The Morgan fingerprint density at radius 2 is 0.686 bits per heavy atom. The van der Waals surface area contributed by atoms with Crippen molar-refractivity contribution in [2.45, 2.75) is 53.4 Å². The van der Waals surface area contributed by atoms with Crippen molar-refractivity contribution in [2.75, 3.05) is 26.4 Å². The third kappa shape index (κ3) is 6.99. The lowest BCUT2D eigenvalue weighted by Crippen LogP contribution is -2.01. The summed E-state index contributed by atoms with van der Waals surface area (Å²) in [5.74, 6) is 3.46. The molecule has 7 rings (SSSR count). The summed E-state index contributed by atoms with van der Waals surface area (Å²) in [5.41, 5.74) is 6.92. The van der Waals surface area contributed by atoms with Crippen LogP contribution in [0.5, 0.6) is 23.0 Å². The van der Waals surface area contributed by atoms with E-state index in [0.29, 0.717) is 26.4 Å². The Bertz CT molecular complexity index is 2000. The molecule has 3 aromatic heterocycles. The molecule has 0 radical (unpaired) electrons. The number of rotatable bonds is 16. The summed E-state index contributed by atoms with van der Waals surface area (Å²) in [6.45, 7) is 11.2. The normalized spacial score (nSPS) is 11.4. The quantitative estimate of drug-likeness (QED) is 0.0991. The minimum atomic E-state index is 0.644. The Kier molecular flexibility index (Phi) is 11.3. The summed E-state index contributed by atoms with van der Waals surface area (Å²) in [7, 11) is 0. The molecule has 0 unspecified atom stereocenters. The van der Waals surface area contributed by atoms with E-state index in [2.05, 4.69) is 113 Å². The molecule has 0 amide bonds. The number of ether oxygens (including phenoxy) is 4. The molecule has 0 atom stereocenters. The molecule has 7 heteroatoms. The minimum absolute atomic E-state index is 0.644. The molecular weight excluding hydrogens is 689 g/mol. The third-order valence-corrected chi connectivity index (χ3v) is 12.6. The summed E-state index contributed by atoms with van der Waals surface area (Å²) >= 11 is 5.59. The molecule has 0 spiro atoms. The lowest BCUT2D eigenvalue weighted by atomic mass is 10.0. The van der Waals surface area contributed by atoms with Crippen LogP contribution in [0.15, 0.2) is 97.1 Å². The third-order valence-electron chi connectivity index (χ3n) is 8.54. The fourth-order valence-electron chi connectivity index (χ4n) is 6.31. The molecule has 0 aliphatic rings. The van der Waals surface area contributed by atoms with Gasteiger partial charge < -0.3 is 18.9 Å². The van der Waals surface area contributed by atoms with Gasteiger partial charge in [-0.25, -0.2) is 0 Å². The van der Waals surface area contributed by atoms with Crippen LogP contribution < -0.4 is 18.9 Å². The van der Waals surface area contributed by atoms with Gasteiger partial charge in [0.05, 0.1) is 66.1 Å². The molecule has 0 aliphatic heterocycles. The highest BCUT2D eigenvalue weighted by Crippen LogP contribution is 2.60. The molecule has 0 saturated carbocycles. The average Bonchev–Trinajstić information content (AvgIpc) is 3.83. The highest BCUT2D eigenvalue weighted by molar-refractivity contribution is 7.41. The Morgan fingerprint density at radius 1 is 0.353 bits per heavy atom. The smallest absolute Gasteiger partial charge is 0.131 e. The van der Waals surface area contributed by atoms with Gasteiger partial charge in [-0.15, -0.1) is 34.0 Å². The van der Waals surface area contributed by atoms with Crippen molar-refractivity contribution in [2.24, 2.45) is 0 Å². The van der Waals surface area contributed by atoms with E-state index in [4.69, 9.17) is 18.9 Å². The number of thiophene rings is 3. The van der Waals surface area contributed by atoms with Crippen LogP contribution in [-0.2, 0) is 0 Å². The van der Waals surface area contributed by atoms with Gasteiger partial charge in [0.2, 0.25) is 0 Å². The Labute approximate surface area is 313 Å². The van der Waals surface area contributed by atoms with Crippen LogP contribution in [0, 0.1) is 0 Å². The zero-order chi connectivity index (χ0) is 35.2. The summed E-state index contributed by atoms with van der Waals surface area (Å²) in [4.78, 5) is 2.36. The van der Waals surface area contributed by atoms with Gasteiger partial charge in [0.25, 0.3) is 0 Å². The first-order valence-electron chi connectivity index (χ1n) is 18.1. The lowest BCUT2D eigenvalue weighted by Gasteiger charge is -2.17. The second-order valence-electron chi connectivity index (χ2n) is 12.4. The first-order valence-corrected chi connectivity index (χ1v) is 20.5. The van der Waals surface area contributed by atoms with Gasteiger partial charge >= 0.3 is 0 Å². The van der Waals surface area contributed by atoms with Crippen LogP contribution in [0.25, 0.3) is 61.9 Å². The molecule has 0 saturated heterocycles. The molecule has 0 N–H and O–H groups in total. The largest absolute Gasteiger partial charge is 0.493 e. The zero-order valence-electron chi connectivity index (χ0n) is 29.8. The van der Waals surface area contributed by atoms with E-state index in [9.17, 15) is 0 Å². The van der Waals surface area contributed by atoms with Gasteiger partial charge in [-0.2, -0.15) is 0 Å². The van der Waals surface area contributed by atoms with E-state index < -0.39 is 0 Å². The molecular formula is C44H44O4S3. The first-order chi connectivity index (χ1) is 25.2. The Hall–Kier alpha value is -4.30. The number of fused-ring (bicyclic) bond motifs is 3. The molecule has 7 aromatic rings. The van der Waals surface area contributed by atoms with Crippen molar-refractivity contribution in [1.29, 1.82) is 0 Å². The van der Waals surface area contributed by atoms with Gasteiger partial charge in [0, 0.05) is 11.1 Å². The van der Waals surface area contributed by atoms with Crippen LogP contribution in [0.1, 0.15) is 53.4 Å². The van der Waals surface area contributed by atoms with Crippen molar-refractivity contribution in [3.8, 4) is 66.1 Å². The second kappa shape index (κ2) is 16.4. The van der Waals surface area contributed by atoms with Gasteiger partial charge in [-0.1, -0.05) is 100 Å². The fourth-order valence-corrected chi connectivity index (χ4v) is 11.0. The van der Waals surface area contributed by atoms with Crippen molar-refractivity contribution >= 4 is 52.8 Å². The van der Waals surface area contributed by atoms with Crippen molar-refractivity contribution in [1.82, 2.24) is 0 Å². The maximum atomic E-state index is 6.45. The van der Waals surface area contributed by atoms with Crippen LogP contribution in [-0.4, -0.2) is 26.4 Å². The SMILES string of the molecule is CCCOc1cccc(OCCC)c1-c1sc2c(sc3c(-c4ccccc4)c(-c4c(OCCC)cccc4OCCC)sc32)c1-c1ccccc1. The van der Waals surface area contributed by atoms with Crippen LogP contribution >= 0.6 is 34.0 Å². The van der Waals surface area contributed by atoms with Crippen LogP contribution in [0.2, 0.25) is 0 Å². The number of hydrogen-bond acceptors (Lipinski definition) is 7. The summed E-state index contributed by atoms with van der Waals surface area (Å²) in [6.07, 6.45) is 3.72. The standard InChI is InChI=1S/C44H44O4S3/c1-5-25-45-31-21-15-22-32(46-26-6-2)37(31)39-35(29-17-11-9-12-18-29)41-43(49-39)44-42(51-41)36(30-19-13-10-14-20-30)40(50-44)38-33(47-27-7-3)23-16-24-34(38)48-28-8-4/h9-24H,5-8,25-28H2,1-4H3. The van der Waals surface area contributed by atoms with E-state index in [1.165, 1.54) is 50.8 Å². The predicted octanol–water partition coefficient (Wildman–Crippen LogP) is 14.0. The molecule has 4 aromatic carbocycles. The highest BCUT2D eigenvalue weighted by Gasteiger charge is 2.30. The Morgan fingerprint density at radius 3 is 1.00 bits per heavy atom. The highest BCUT2D eigenvalue weighted by atomic mass is 32.1. The van der Waals surface area contributed by atoms with Crippen LogP contribution in [0.4, 0.5) is 0 Å². The molecule has 0 bridgehead atoms. The van der Waals surface area contributed by atoms with Gasteiger partial charge in [0.1, 0.15) is 23.0 Å². The van der Waals surface area contributed by atoms with Crippen molar-refractivity contribution in [3.63, 3.8) is 0 Å². The lowest BCUT2D eigenvalue weighted by molar-refractivity contribution is 0.304. The molecule has 3 heterocycles. The minimum Gasteiger partial charge on any atom is -0.493 e. The first kappa shape index (κ1) is 35.1. The van der Waals surface area contributed by atoms with Gasteiger partial charge in [-0.05, 0) is 61.1 Å². The molecule has 0 aliphatic carbocycles. The average molecular weight is 733 g/mol. The maximum absolute atomic E-state index is 6.45. The van der Waals surface area contributed by atoms with Gasteiger partial charge in [0.15, 0.2) is 0 Å². The summed E-state index contributed by atoms with van der Waals surface area (Å²) < 4.78 is 30.9. The van der Waals surface area contributed by atoms with E-state index in [0.717, 1.165) is 59.8 Å². The zero-order valence-corrected chi connectivity index (χ0v) is 32.2. The van der Waals surface area contributed by atoms with E-state index in [1.54, 1.807) is 0 Å². The van der Waals surface area contributed by atoms with E-state index in [-0.39, 0.29) is 0 Å². The fraction of sp³-hybridized carbons (Fsp3) is 0.273. The van der Waals surface area contributed by atoms with Crippen molar-refractivity contribution < 1.29 is 18.9 Å². The van der Waals surface area contributed by atoms with Crippen molar-refractivity contribution in [3.05, 3.63) is 97.1 Å².